The molecule has 10 heteroatoms. The average molecular weight is 513 g/mol. The molecule has 5 rings (SSSR count). The standard InChI is InChI=1S/C27H27F3N4O3/c1-36-20-8-10-21(11-9-20)37-24-22-17-34(25(35)18-6-5-7-19(16-18)27(28,29)30)15-12-23(22)31-26(32-24)33-13-3-2-4-14-33/h5-11,16H,2-4,12-15,17H2,1H3. The summed E-state index contributed by atoms with van der Waals surface area (Å²) in [7, 11) is 1.58. The molecule has 3 aromatic rings. The van der Waals surface area contributed by atoms with Gasteiger partial charge in [0, 0.05) is 31.6 Å². The number of halogens is 3. The minimum absolute atomic E-state index is 0.0123. The van der Waals surface area contributed by atoms with Crippen molar-refractivity contribution in [2.45, 2.75) is 38.4 Å². The molecular weight excluding hydrogens is 485 g/mol. The van der Waals surface area contributed by atoms with Crippen molar-refractivity contribution in [3.63, 3.8) is 0 Å². The van der Waals surface area contributed by atoms with Crippen LogP contribution in [0.15, 0.2) is 48.5 Å². The minimum atomic E-state index is -4.52. The van der Waals surface area contributed by atoms with Gasteiger partial charge in [-0.15, -0.1) is 0 Å². The number of hydrogen-bond acceptors (Lipinski definition) is 6. The Morgan fingerprint density at radius 1 is 0.946 bits per heavy atom. The van der Waals surface area contributed by atoms with Crippen molar-refractivity contribution in [3.8, 4) is 17.4 Å². The molecule has 1 saturated heterocycles. The highest BCUT2D eigenvalue weighted by Gasteiger charge is 2.33. The Kier molecular flexibility index (Phi) is 6.90. The molecule has 0 radical (unpaired) electrons. The molecule has 0 N–H and O–H groups in total. The number of carbonyl (C=O) groups is 1. The summed E-state index contributed by atoms with van der Waals surface area (Å²) in [6.45, 7) is 2.19. The zero-order chi connectivity index (χ0) is 26.0. The van der Waals surface area contributed by atoms with Crippen molar-refractivity contribution in [1.29, 1.82) is 0 Å². The summed E-state index contributed by atoms with van der Waals surface area (Å²) < 4.78 is 51.0. The van der Waals surface area contributed by atoms with E-state index in [1.807, 2.05) is 0 Å². The molecule has 0 aliphatic carbocycles. The molecule has 1 fully saturated rings. The fraction of sp³-hybridized carbons (Fsp3) is 0.370. The van der Waals surface area contributed by atoms with Gasteiger partial charge in [0.05, 0.1) is 30.5 Å². The average Bonchev–Trinajstić information content (AvgIpc) is 2.93. The van der Waals surface area contributed by atoms with Crippen molar-refractivity contribution >= 4 is 11.9 Å². The van der Waals surface area contributed by atoms with Crippen LogP contribution in [-0.2, 0) is 19.1 Å². The fourth-order valence-corrected chi connectivity index (χ4v) is 4.63. The van der Waals surface area contributed by atoms with Crippen molar-refractivity contribution in [3.05, 3.63) is 70.9 Å². The predicted octanol–water partition coefficient (Wildman–Crippen LogP) is 5.49. The van der Waals surface area contributed by atoms with Gasteiger partial charge in [0.2, 0.25) is 11.8 Å². The van der Waals surface area contributed by atoms with Crippen LogP contribution in [0.2, 0.25) is 0 Å². The van der Waals surface area contributed by atoms with Gasteiger partial charge in [-0.25, -0.2) is 4.98 Å². The van der Waals surface area contributed by atoms with Crippen LogP contribution in [0.3, 0.4) is 0 Å². The van der Waals surface area contributed by atoms with Crippen LogP contribution >= 0.6 is 0 Å². The molecule has 2 aliphatic heterocycles. The largest absolute Gasteiger partial charge is 0.497 e. The second-order valence-corrected chi connectivity index (χ2v) is 9.13. The first kappa shape index (κ1) is 24.9. The monoisotopic (exact) mass is 512 g/mol. The van der Waals surface area contributed by atoms with E-state index in [1.54, 1.807) is 31.4 Å². The quantitative estimate of drug-likeness (QED) is 0.451. The maximum atomic E-state index is 13.2. The highest BCUT2D eigenvalue weighted by atomic mass is 19.4. The summed E-state index contributed by atoms with van der Waals surface area (Å²) in [6, 6.07) is 11.6. The molecule has 1 amide bonds. The van der Waals surface area contributed by atoms with Crippen LogP contribution in [0.5, 0.6) is 17.4 Å². The van der Waals surface area contributed by atoms with Crippen LogP contribution in [-0.4, -0.2) is 47.5 Å². The Morgan fingerprint density at radius 3 is 2.38 bits per heavy atom. The van der Waals surface area contributed by atoms with Gasteiger partial charge in [-0.05, 0) is 61.7 Å². The second kappa shape index (κ2) is 10.3. The molecule has 3 heterocycles. The highest BCUT2D eigenvalue weighted by molar-refractivity contribution is 5.94. The van der Waals surface area contributed by atoms with E-state index < -0.39 is 17.6 Å². The van der Waals surface area contributed by atoms with Crippen LogP contribution in [0.4, 0.5) is 19.1 Å². The molecule has 1 aromatic heterocycles. The number of rotatable bonds is 5. The minimum Gasteiger partial charge on any atom is -0.497 e. The van der Waals surface area contributed by atoms with Gasteiger partial charge < -0.3 is 19.3 Å². The summed E-state index contributed by atoms with van der Waals surface area (Å²) >= 11 is 0. The first-order valence-electron chi connectivity index (χ1n) is 12.2. The van der Waals surface area contributed by atoms with Crippen molar-refractivity contribution in [2.24, 2.45) is 0 Å². The maximum absolute atomic E-state index is 13.2. The predicted molar refractivity (Wildman–Crippen MR) is 131 cm³/mol. The van der Waals surface area contributed by atoms with Crippen LogP contribution < -0.4 is 14.4 Å². The molecule has 0 unspecified atom stereocenters. The Bertz CT molecular complexity index is 1270. The number of aromatic nitrogens is 2. The molecule has 37 heavy (non-hydrogen) atoms. The van der Waals surface area contributed by atoms with Gasteiger partial charge in [-0.1, -0.05) is 6.07 Å². The maximum Gasteiger partial charge on any atom is 0.416 e. The molecule has 0 saturated carbocycles. The first-order valence-corrected chi connectivity index (χ1v) is 12.2. The summed E-state index contributed by atoms with van der Waals surface area (Å²) in [4.78, 5) is 26.4. The van der Waals surface area contributed by atoms with Crippen LogP contribution in [0.25, 0.3) is 0 Å². The molecule has 0 atom stereocenters. The third kappa shape index (κ3) is 5.47. The van der Waals surface area contributed by atoms with E-state index in [2.05, 4.69) is 4.90 Å². The van der Waals surface area contributed by atoms with Crippen molar-refractivity contribution in [1.82, 2.24) is 14.9 Å². The van der Waals surface area contributed by atoms with E-state index >= 15 is 0 Å². The normalized spacial score (nSPS) is 15.8. The third-order valence-corrected chi connectivity index (χ3v) is 6.65. The third-order valence-electron chi connectivity index (χ3n) is 6.65. The number of methoxy groups -OCH3 is 1. The van der Waals surface area contributed by atoms with E-state index in [0.717, 1.165) is 43.8 Å². The van der Waals surface area contributed by atoms with Crippen molar-refractivity contribution < 1.29 is 27.4 Å². The number of piperidine rings is 1. The van der Waals surface area contributed by atoms with E-state index in [0.29, 0.717) is 41.9 Å². The summed E-state index contributed by atoms with van der Waals surface area (Å²) in [5, 5.41) is 0. The Morgan fingerprint density at radius 2 is 1.68 bits per heavy atom. The van der Waals surface area contributed by atoms with E-state index in [1.165, 1.54) is 23.5 Å². The zero-order valence-corrected chi connectivity index (χ0v) is 20.4. The van der Waals surface area contributed by atoms with Gasteiger partial charge in [0.15, 0.2) is 0 Å². The number of amides is 1. The molecule has 194 valence electrons. The lowest BCUT2D eigenvalue weighted by Gasteiger charge is -2.32. The Balaban J connectivity index is 1.46. The molecule has 7 nitrogen and oxygen atoms in total. The summed E-state index contributed by atoms with van der Waals surface area (Å²) in [6.07, 6.45) is -0.781. The van der Waals surface area contributed by atoms with Crippen LogP contribution in [0.1, 0.15) is 46.4 Å². The lowest BCUT2D eigenvalue weighted by Crippen LogP contribution is -2.38. The van der Waals surface area contributed by atoms with Gasteiger partial charge in [-0.2, -0.15) is 18.2 Å². The van der Waals surface area contributed by atoms with Gasteiger partial charge in [-0.3, -0.25) is 4.79 Å². The van der Waals surface area contributed by atoms with Gasteiger partial charge in [0.1, 0.15) is 11.5 Å². The fourth-order valence-electron chi connectivity index (χ4n) is 4.63. The van der Waals surface area contributed by atoms with E-state index in [4.69, 9.17) is 19.4 Å². The number of alkyl halides is 3. The van der Waals surface area contributed by atoms with Gasteiger partial charge in [0.25, 0.3) is 5.91 Å². The highest BCUT2D eigenvalue weighted by Crippen LogP contribution is 2.34. The lowest BCUT2D eigenvalue weighted by molar-refractivity contribution is -0.137. The van der Waals surface area contributed by atoms with Crippen molar-refractivity contribution in [2.75, 3.05) is 31.6 Å². The number of hydrogen-bond donors (Lipinski definition) is 0. The number of benzene rings is 2. The van der Waals surface area contributed by atoms with E-state index in [-0.39, 0.29) is 12.1 Å². The number of fused-ring (bicyclic) bond motifs is 1. The molecule has 2 aromatic carbocycles. The van der Waals surface area contributed by atoms with E-state index in [9.17, 15) is 18.0 Å². The smallest absolute Gasteiger partial charge is 0.416 e. The summed E-state index contributed by atoms with van der Waals surface area (Å²) in [5.74, 6) is 1.70. The Hall–Kier alpha value is -3.82. The van der Waals surface area contributed by atoms with Gasteiger partial charge >= 0.3 is 6.18 Å². The SMILES string of the molecule is COc1ccc(Oc2nc(N3CCCCC3)nc3c2CN(C(=O)c2cccc(C(F)(F)F)c2)CC3)cc1. The molecular formula is C27H27F3N4O3. The second-order valence-electron chi connectivity index (χ2n) is 9.13. The molecule has 2 aliphatic rings. The first-order chi connectivity index (χ1) is 17.8. The van der Waals surface area contributed by atoms with Crippen LogP contribution in [0, 0.1) is 0 Å². The Labute approximate surface area is 212 Å². The lowest BCUT2D eigenvalue weighted by atomic mass is 10.0. The molecule has 0 bridgehead atoms. The molecule has 0 spiro atoms. The number of carbonyl (C=O) groups excluding carboxylic acids is 1. The zero-order valence-electron chi connectivity index (χ0n) is 20.4. The number of ether oxygens (including phenoxy) is 2. The topological polar surface area (TPSA) is 67.8 Å². The summed E-state index contributed by atoms with van der Waals surface area (Å²) in [5.41, 5.74) is 0.575. The number of nitrogens with zero attached hydrogens (tertiary/aromatic N) is 4. The number of anilines is 1.